The third kappa shape index (κ3) is 3.06. The predicted octanol–water partition coefficient (Wildman–Crippen LogP) is 2.77. The van der Waals surface area contributed by atoms with Crippen molar-refractivity contribution >= 4 is 11.7 Å². The first kappa shape index (κ1) is 13.9. The lowest BCUT2D eigenvalue weighted by Gasteiger charge is -2.10. The van der Waals surface area contributed by atoms with Crippen LogP contribution in [0.25, 0.3) is 0 Å². The predicted molar refractivity (Wildman–Crippen MR) is 72.9 cm³/mol. The Morgan fingerprint density at radius 2 is 2.00 bits per heavy atom. The number of benzene rings is 2. The molecule has 0 heterocycles. The maximum atomic E-state index is 13.4. The highest BCUT2D eigenvalue weighted by molar-refractivity contribution is 5.90. The summed E-state index contributed by atoms with van der Waals surface area (Å²) in [5.74, 6) is -0.421. The molecular formula is C15H14FNO3. The number of hydrogen-bond acceptors (Lipinski definition) is 4. The number of nitrogen functional groups attached to an aromatic ring is 1. The Balaban J connectivity index is 2.11. The summed E-state index contributed by atoms with van der Waals surface area (Å²) in [6.45, 7) is 0.0639. The fourth-order valence-electron chi connectivity index (χ4n) is 1.70. The second-order valence-corrected chi connectivity index (χ2v) is 4.12. The van der Waals surface area contributed by atoms with Crippen LogP contribution < -0.4 is 10.5 Å². The van der Waals surface area contributed by atoms with Gasteiger partial charge in [0.25, 0.3) is 0 Å². The molecule has 2 rings (SSSR count). The van der Waals surface area contributed by atoms with Crippen molar-refractivity contribution < 1.29 is 18.7 Å². The van der Waals surface area contributed by atoms with E-state index in [-0.39, 0.29) is 12.4 Å². The van der Waals surface area contributed by atoms with E-state index in [0.29, 0.717) is 22.6 Å². The highest BCUT2D eigenvalue weighted by Crippen LogP contribution is 2.24. The lowest BCUT2D eigenvalue weighted by atomic mass is 10.2. The molecule has 0 aromatic heterocycles. The average molecular weight is 275 g/mol. The van der Waals surface area contributed by atoms with Gasteiger partial charge in [-0.05, 0) is 24.3 Å². The van der Waals surface area contributed by atoms with Crippen molar-refractivity contribution in [2.75, 3.05) is 12.8 Å². The molecule has 0 unspecified atom stereocenters. The van der Waals surface area contributed by atoms with E-state index < -0.39 is 5.97 Å². The minimum Gasteiger partial charge on any atom is -0.487 e. The van der Waals surface area contributed by atoms with Gasteiger partial charge in [-0.15, -0.1) is 0 Å². The van der Waals surface area contributed by atoms with Crippen molar-refractivity contribution in [1.82, 2.24) is 0 Å². The van der Waals surface area contributed by atoms with Crippen molar-refractivity contribution in [3.63, 3.8) is 0 Å². The highest BCUT2D eigenvalue weighted by atomic mass is 19.1. The van der Waals surface area contributed by atoms with Crippen LogP contribution in [-0.4, -0.2) is 13.1 Å². The summed E-state index contributed by atoms with van der Waals surface area (Å²) < 4.78 is 23.5. The molecule has 0 aliphatic carbocycles. The Morgan fingerprint density at radius 3 is 2.65 bits per heavy atom. The van der Waals surface area contributed by atoms with Gasteiger partial charge >= 0.3 is 5.97 Å². The Labute approximate surface area is 115 Å². The van der Waals surface area contributed by atoms with Crippen LogP contribution in [0.5, 0.6) is 5.75 Å². The Kier molecular flexibility index (Phi) is 4.20. The van der Waals surface area contributed by atoms with E-state index in [4.69, 9.17) is 10.5 Å². The van der Waals surface area contributed by atoms with Crippen molar-refractivity contribution in [3.8, 4) is 5.75 Å². The zero-order chi connectivity index (χ0) is 14.5. The number of carbonyl (C=O) groups excluding carboxylic acids is 1. The summed E-state index contributed by atoms with van der Waals surface area (Å²) in [5, 5.41) is 0. The van der Waals surface area contributed by atoms with Gasteiger partial charge in [-0.25, -0.2) is 9.18 Å². The lowest BCUT2D eigenvalue weighted by molar-refractivity contribution is 0.0600. The summed E-state index contributed by atoms with van der Waals surface area (Å²) in [6, 6.07) is 10.9. The summed E-state index contributed by atoms with van der Waals surface area (Å²) in [7, 11) is 1.29. The molecule has 20 heavy (non-hydrogen) atoms. The third-order valence-electron chi connectivity index (χ3n) is 2.77. The van der Waals surface area contributed by atoms with Crippen LogP contribution in [0.3, 0.4) is 0 Å². The van der Waals surface area contributed by atoms with Crippen LogP contribution in [0.4, 0.5) is 10.1 Å². The molecule has 2 N–H and O–H groups in total. The van der Waals surface area contributed by atoms with E-state index >= 15 is 0 Å². The molecule has 0 spiro atoms. The van der Waals surface area contributed by atoms with Crippen molar-refractivity contribution in [2.45, 2.75) is 6.61 Å². The van der Waals surface area contributed by atoms with Crippen LogP contribution in [0.1, 0.15) is 15.9 Å². The second-order valence-electron chi connectivity index (χ2n) is 4.12. The molecule has 0 saturated carbocycles. The van der Waals surface area contributed by atoms with E-state index in [1.54, 1.807) is 30.3 Å². The molecule has 2 aromatic carbocycles. The Bertz CT molecular complexity index is 628. The summed E-state index contributed by atoms with van der Waals surface area (Å²) in [5.41, 5.74) is 6.86. The molecule has 0 bridgehead atoms. The van der Waals surface area contributed by atoms with Crippen LogP contribution in [0, 0.1) is 5.82 Å². The standard InChI is InChI=1S/C15H14FNO3/c1-19-15(18)10-6-7-14(13(17)8-10)20-9-11-4-2-3-5-12(11)16/h2-8H,9,17H2,1H3. The third-order valence-corrected chi connectivity index (χ3v) is 2.77. The molecule has 0 aliphatic heterocycles. The van der Waals surface area contributed by atoms with Crippen LogP contribution in [0.2, 0.25) is 0 Å². The monoisotopic (exact) mass is 275 g/mol. The van der Waals surface area contributed by atoms with Gasteiger partial charge in [-0.1, -0.05) is 18.2 Å². The maximum absolute atomic E-state index is 13.4. The lowest BCUT2D eigenvalue weighted by Crippen LogP contribution is -2.04. The van der Waals surface area contributed by atoms with Gasteiger partial charge < -0.3 is 15.2 Å². The SMILES string of the molecule is COC(=O)c1ccc(OCc2ccccc2F)c(N)c1. The van der Waals surface area contributed by atoms with Gasteiger partial charge in [0.2, 0.25) is 0 Å². The highest BCUT2D eigenvalue weighted by Gasteiger charge is 2.09. The van der Waals surface area contributed by atoms with Gasteiger partial charge in [0.05, 0.1) is 18.4 Å². The number of anilines is 1. The second kappa shape index (κ2) is 6.06. The molecule has 0 atom stereocenters. The molecule has 0 amide bonds. The first-order valence-corrected chi connectivity index (χ1v) is 5.96. The molecule has 4 nitrogen and oxygen atoms in total. The van der Waals surface area contributed by atoms with E-state index in [1.807, 2.05) is 0 Å². The van der Waals surface area contributed by atoms with Crippen LogP contribution in [-0.2, 0) is 11.3 Å². The van der Waals surface area contributed by atoms with Gasteiger partial charge in [0.1, 0.15) is 18.2 Å². The van der Waals surface area contributed by atoms with E-state index in [1.165, 1.54) is 19.2 Å². The van der Waals surface area contributed by atoms with Crippen molar-refractivity contribution in [2.24, 2.45) is 0 Å². The minimum absolute atomic E-state index is 0.0639. The van der Waals surface area contributed by atoms with Crippen LogP contribution >= 0.6 is 0 Å². The van der Waals surface area contributed by atoms with Gasteiger partial charge in [-0.2, -0.15) is 0 Å². The molecule has 104 valence electrons. The van der Waals surface area contributed by atoms with Gasteiger partial charge in [0, 0.05) is 5.56 Å². The molecule has 0 aliphatic rings. The Morgan fingerprint density at radius 1 is 1.25 bits per heavy atom. The molecule has 5 heteroatoms. The molecule has 0 saturated heterocycles. The summed E-state index contributed by atoms with van der Waals surface area (Å²) >= 11 is 0. The van der Waals surface area contributed by atoms with Crippen molar-refractivity contribution in [1.29, 1.82) is 0 Å². The number of nitrogens with two attached hydrogens (primary N) is 1. The summed E-state index contributed by atoms with van der Waals surface area (Å²) in [6.07, 6.45) is 0. The number of esters is 1. The normalized spacial score (nSPS) is 10.1. The number of methoxy groups -OCH3 is 1. The number of ether oxygens (including phenoxy) is 2. The first-order valence-electron chi connectivity index (χ1n) is 5.96. The quantitative estimate of drug-likeness (QED) is 0.688. The molecular weight excluding hydrogens is 261 g/mol. The summed E-state index contributed by atoms with van der Waals surface area (Å²) in [4.78, 5) is 11.3. The number of carbonyl (C=O) groups is 1. The maximum Gasteiger partial charge on any atom is 0.337 e. The molecule has 0 radical (unpaired) electrons. The first-order chi connectivity index (χ1) is 9.61. The smallest absolute Gasteiger partial charge is 0.337 e. The fraction of sp³-hybridized carbons (Fsp3) is 0.133. The zero-order valence-corrected chi connectivity index (χ0v) is 10.9. The average Bonchev–Trinajstić information content (AvgIpc) is 2.46. The topological polar surface area (TPSA) is 61.5 Å². The Hall–Kier alpha value is -2.56. The van der Waals surface area contributed by atoms with Crippen molar-refractivity contribution in [3.05, 3.63) is 59.4 Å². The number of rotatable bonds is 4. The molecule has 0 fully saturated rings. The zero-order valence-electron chi connectivity index (χ0n) is 10.9. The molecule has 2 aromatic rings. The van der Waals surface area contributed by atoms with E-state index in [9.17, 15) is 9.18 Å². The largest absolute Gasteiger partial charge is 0.487 e. The van der Waals surface area contributed by atoms with E-state index in [2.05, 4.69) is 4.74 Å². The number of halogens is 1. The van der Waals surface area contributed by atoms with Gasteiger partial charge in [-0.3, -0.25) is 0 Å². The van der Waals surface area contributed by atoms with Crippen LogP contribution in [0.15, 0.2) is 42.5 Å². The number of hydrogen-bond donors (Lipinski definition) is 1. The van der Waals surface area contributed by atoms with E-state index in [0.717, 1.165) is 0 Å². The van der Waals surface area contributed by atoms with Gasteiger partial charge in [0.15, 0.2) is 0 Å². The fourth-order valence-corrected chi connectivity index (χ4v) is 1.70. The minimum atomic E-state index is -0.475.